The highest BCUT2D eigenvalue weighted by atomic mass is 16.6. The van der Waals surface area contributed by atoms with E-state index in [1.165, 1.54) is 73.5 Å². The number of amidine groups is 1. The van der Waals surface area contributed by atoms with E-state index in [2.05, 4.69) is 34.5 Å². The van der Waals surface area contributed by atoms with Crippen LogP contribution in [-0.2, 0) is 0 Å². The maximum atomic E-state index is 10.4. The van der Waals surface area contributed by atoms with Crippen LogP contribution in [0.2, 0.25) is 0 Å². The summed E-state index contributed by atoms with van der Waals surface area (Å²) in [6.45, 7) is 0. The number of nitro groups is 3. The SMILES string of the molecule is N#Cc1ccc([N+](=O)[O-])cc1.N/C(=N\O)c1ccc([N+](=O)[O-])cc1.Nc1ccc(-c2ncon2)cc1.O=[N+]([O-])c1ccc(-c2ncon2)cc1. The smallest absolute Gasteiger partial charge is 0.269 e. The van der Waals surface area contributed by atoms with Crippen molar-refractivity contribution in [1.29, 1.82) is 5.26 Å². The fraction of sp³-hybridized carbons (Fsp3) is 0. The molecule has 50 heavy (non-hydrogen) atoms. The number of aromatic nitrogens is 4. The molecular weight excluding hydrogens is 658 g/mol. The second-order valence-corrected chi connectivity index (χ2v) is 9.14. The lowest BCUT2D eigenvalue weighted by Gasteiger charge is -1.96. The van der Waals surface area contributed by atoms with Gasteiger partial charge in [-0.1, -0.05) is 15.5 Å². The van der Waals surface area contributed by atoms with Crippen molar-refractivity contribution in [2.45, 2.75) is 0 Å². The van der Waals surface area contributed by atoms with E-state index in [1.54, 1.807) is 24.3 Å². The maximum absolute atomic E-state index is 10.4. The number of nitro benzene ring substituents is 3. The molecule has 2 heterocycles. The fourth-order valence-electron chi connectivity index (χ4n) is 3.43. The third-order valence-electron chi connectivity index (χ3n) is 5.92. The topological polar surface area (TPSA) is 316 Å². The summed E-state index contributed by atoms with van der Waals surface area (Å²) >= 11 is 0. The molecule has 0 aliphatic rings. The lowest BCUT2D eigenvalue weighted by Crippen LogP contribution is -2.12. The maximum Gasteiger partial charge on any atom is 0.269 e. The number of nitrogens with two attached hydrogens (primary N) is 2. The van der Waals surface area contributed by atoms with Crippen LogP contribution in [0.1, 0.15) is 11.1 Å². The lowest BCUT2D eigenvalue weighted by molar-refractivity contribution is -0.385. The van der Waals surface area contributed by atoms with Crippen LogP contribution in [-0.4, -0.2) is 46.1 Å². The van der Waals surface area contributed by atoms with E-state index in [-0.39, 0.29) is 22.9 Å². The van der Waals surface area contributed by atoms with Gasteiger partial charge < -0.3 is 25.7 Å². The minimum Gasteiger partial charge on any atom is -0.409 e. The number of rotatable bonds is 6. The molecule has 0 aliphatic heterocycles. The molecule has 20 nitrogen and oxygen atoms in total. The van der Waals surface area contributed by atoms with Gasteiger partial charge in [-0.15, -0.1) is 0 Å². The molecule has 252 valence electrons. The van der Waals surface area contributed by atoms with Crippen molar-refractivity contribution in [3.8, 4) is 28.8 Å². The van der Waals surface area contributed by atoms with Crippen molar-refractivity contribution in [2.75, 3.05) is 5.73 Å². The highest BCUT2D eigenvalue weighted by Crippen LogP contribution is 2.19. The van der Waals surface area contributed by atoms with Crippen molar-refractivity contribution < 1.29 is 29.0 Å². The summed E-state index contributed by atoms with van der Waals surface area (Å²) in [7, 11) is 0. The molecule has 5 N–H and O–H groups in total. The van der Waals surface area contributed by atoms with Gasteiger partial charge in [-0.25, -0.2) is 0 Å². The Kier molecular flexibility index (Phi) is 13.2. The van der Waals surface area contributed by atoms with Gasteiger partial charge in [0.2, 0.25) is 24.4 Å². The Morgan fingerprint density at radius 1 is 0.680 bits per heavy atom. The first-order chi connectivity index (χ1) is 24.0. The Balaban J connectivity index is 0.000000181. The van der Waals surface area contributed by atoms with Crippen LogP contribution in [0.5, 0.6) is 0 Å². The van der Waals surface area contributed by atoms with Crippen LogP contribution in [0.3, 0.4) is 0 Å². The molecule has 2 aromatic heterocycles. The number of oxime groups is 1. The van der Waals surface area contributed by atoms with Crippen molar-refractivity contribution in [2.24, 2.45) is 10.9 Å². The van der Waals surface area contributed by atoms with Gasteiger partial charge in [-0.05, 0) is 60.7 Å². The average molecular weight is 682 g/mol. The number of non-ortho nitro benzene ring substituents is 3. The largest absolute Gasteiger partial charge is 0.409 e. The second kappa shape index (κ2) is 18.2. The molecule has 0 aliphatic carbocycles. The minimum absolute atomic E-state index is 0.00370. The van der Waals surface area contributed by atoms with Crippen molar-refractivity contribution >= 4 is 28.6 Å². The van der Waals surface area contributed by atoms with Crippen LogP contribution in [0.4, 0.5) is 22.7 Å². The Morgan fingerprint density at radius 3 is 1.40 bits per heavy atom. The Morgan fingerprint density at radius 2 is 1.06 bits per heavy atom. The summed E-state index contributed by atoms with van der Waals surface area (Å²) in [6, 6.07) is 25.9. The number of anilines is 1. The third-order valence-corrected chi connectivity index (χ3v) is 5.92. The van der Waals surface area contributed by atoms with Crippen molar-refractivity contribution in [3.63, 3.8) is 0 Å². The molecule has 0 saturated heterocycles. The van der Waals surface area contributed by atoms with E-state index in [4.69, 9.17) is 21.9 Å². The van der Waals surface area contributed by atoms with Gasteiger partial charge in [0.05, 0.1) is 26.4 Å². The number of benzene rings is 4. The number of nitrogen functional groups attached to an aromatic ring is 1. The Bertz CT molecular complexity index is 2050. The molecule has 4 aromatic carbocycles. The second-order valence-electron chi connectivity index (χ2n) is 9.14. The van der Waals surface area contributed by atoms with Crippen LogP contribution >= 0.6 is 0 Å². The first-order valence-electron chi connectivity index (χ1n) is 13.5. The first-order valence-corrected chi connectivity index (χ1v) is 13.5. The van der Waals surface area contributed by atoms with Crippen LogP contribution in [0.15, 0.2) is 124 Å². The van der Waals surface area contributed by atoms with Crippen molar-refractivity contribution in [1.82, 2.24) is 20.3 Å². The normalized spacial score (nSPS) is 10.0. The summed E-state index contributed by atoms with van der Waals surface area (Å²) in [4.78, 5) is 37.0. The molecule has 20 heteroatoms. The molecule has 6 rings (SSSR count). The quantitative estimate of drug-likeness (QED) is 0.0512. The van der Waals surface area contributed by atoms with Crippen LogP contribution in [0, 0.1) is 41.7 Å². The summed E-state index contributed by atoms with van der Waals surface area (Å²) in [5.74, 6) is 0.921. The Labute approximate surface area is 280 Å². The molecule has 0 saturated carbocycles. The van der Waals surface area contributed by atoms with E-state index in [9.17, 15) is 30.3 Å². The van der Waals surface area contributed by atoms with Gasteiger partial charge in [-0.3, -0.25) is 30.3 Å². The summed E-state index contributed by atoms with van der Waals surface area (Å²) in [5, 5.41) is 57.4. The number of nitrogens with zero attached hydrogens (tertiary/aromatic N) is 9. The van der Waals surface area contributed by atoms with Gasteiger partial charge in [0.25, 0.3) is 17.1 Å². The zero-order valence-corrected chi connectivity index (χ0v) is 25.3. The van der Waals surface area contributed by atoms with Crippen LogP contribution < -0.4 is 11.5 Å². The zero-order chi connectivity index (χ0) is 36.5. The molecule has 0 spiro atoms. The predicted molar refractivity (Wildman–Crippen MR) is 174 cm³/mol. The van der Waals surface area contributed by atoms with Crippen LogP contribution in [0.25, 0.3) is 22.8 Å². The van der Waals surface area contributed by atoms with Crippen molar-refractivity contribution in [3.05, 3.63) is 151 Å². The molecule has 6 aromatic rings. The molecule has 0 radical (unpaired) electrons. The summed E-state index contributed by atoms with van der Waals surface area (Å²) in [6.07, 6.45) is 2.50. The molecule has 0 bridgehead atoms. The number of hydrogen-bond donors (Lipinski definition) is 3. The zero-order valence-electron chi connectivity index (χ0n) is 25.3. The van der Waals surface area contributed by atoms with E-state index < -0.39 is 14.8 Å². The van der Waals surface area contributed by atoms with Gasteiger partial charge >= 0.3 is 0 Å². The highest BCUT2D eigenvalue weighted by molar-refractivity contribution is 5.97. The molecule has 0 atom stereocenters. The van der Waals surface area contributed by atoms with Gasteiger partial charge in [-0.2, -0.15) is 15.2 Å². The monoisotopic (exact) mass is 681 g/mol. The van der Waals surface area contributed by atoms with E-state index in [0.717, 1.165) is 11.3 Å². The first kappa shape index (κ1) is 36.4. The molecule has 0 fully saturated rings. The van der Waals surface area contributed by atoms with Gasteiger partial charge in [0.15, 0.2) is 5.84 Å². The van der Waals surface area contributed by atoms with E-state index >= 15 is 0 Å². The number of hydrogen-bond acceptors (Lipinski definition) is 16. The predicted octanol–water partition coefficient (Wildman–Crippen LogP) is 5.12. The number of nitriles is 1. The fourth-order valence-corrected chi connectivity index (χ4v) is 3.43. The lowest BCUT2D eigenvalue weighted by atomic mass is 10.2. The summed E-state index contributed by atoms with van der Waals surface area (Å²) < 4.78 is 9.16. The Hall–Kier alpha value is -8.08. The van der Waals surface area contributed by atoms with Gasteiger partial charge in [0.1, 0.15) is 0 Å². The minimum atomic E-state index is -0.518. The average Bonchev–Trinajstić information content (AvgIpc) is 3.89. The third kappa shape index (κ3) is 11.1. The molecule has 0 unspecified atom stereocenters. The molecular formula is C30H23N11O9. The standard InChI is InChI=1S/C8H5N3O3.C8H7N3O.C7H7N3O3.C7H4N2O2/c12-11(13)7-3-1-6(2-4-7)8-9-5-14-10-8;9-7-3-1-6(2-4-7)8-10-5-12-11-8;8-7(9-11)5-1-3-6(4-2-5)10(12)13;8-5-6-1-3-7(4-2-6)9(10)11/h1-5H;1-5H,9H2;1-4,11H,(H2,8,9);1-4H. The van der Waals surface area contributed by atoms with Gasteiger partial charge in [0, 0.05) is 58.8 Å². The van der Waals surface area contributed by atoms with E-state index in [1.807, 2.05) is 18.2 Å². The van der Waals surface area contributed by atoms with E-state index in [0.29, 0.717) is 28.3 Å². The summed E-state index contributed by atoms with van der Waals surface area (Å²) in [5.41, 5.74) is 14.0. The molecule has 0 amide bonds. The highest BCUT2D eigenvalue weighted by Gasteiger charge is 2.08.